The summed E-state index contributed by atoms with van der Waals surface area (Å²) in [5.41, 5.74) is 3.29. The summed E-state index contributed by atoms with van der Waals surface area (Å²) in [7, 11) is 1.77. The Kier molecular flexibility index (Phi) is 6.39. The SMILES string of the molecule is CCNCc1ccccc1NC(=O)c1cc(C)nn1C.Cl. The van der Waals surface area contributed by atoms with E-state index in [1.165, 1.54) is 0 Å². The molecule has 0 aliphatic heterocycles. The topological polar surface area (TPSA) is 58.9 Å². The molecule has 21 heavy (non-hydrogen) atoms. The fourth-order valence-corrected chi connectivity index (χ4v) is 2.07. The summed E-state index contributed by atoms with van der Waals surface area (Å²) in [6, 6.07) is 9.58. The van der Waals surface area contributed by atoms with Crippen LogP contribution >= 0.6 is 12.4 Å². The van der Waals surface area contributed by atoms with Gasteiger partial charge in [-0.25, -0.2) is 0 Å². The first-order valence-corrected chi connectivity index (χ1v) is 6.72. The zero-order chi connectivity index (χ0) is 14.5. The number of benzene rings is 1. The van der Waals surface area contributed by atoms with Crippen molar-refractivity contribution in [2.24, 2.45) is 7.05 Å². The molecule has 2 rings (SSSR count). The van der Waals surface area contributed by atoms with Gasteiger partial charge in [0.1, 0.15) is 5.69 Å². The number of hydrogen-bond donors (Lipinski definition) is 2. The van der Waals surface area contributed by atoms with Gasteiger partial charge in [-0.2, -0.15) is 5.10 Å². The number of amides is 1. The number of halogens is 1. The van der Waals surface area contributed by atoms with E-state index in [1.54, 1.807) is 17.8 Å². The lowest BCUT2D eigenvalue weighted by Gasteiger charge is -2.11. The Hall–Kier alpha value is -1.85. The molecular weight excluding hydrogens is 288 g/mol. The quantitative estimate of drug-likeness (QED) is 0.892. The minimum absolute atomic E-state index is 0. The summed E-state index contributed by atoms with van der Waals surface area (Å²) in [5, 5.41) is 10.4. The highest BCUT2D eigenvalue weighted by Crippen LogP contribution is 2.16. The summed E-state index contributed by atoms with van der Waals surface area (Å²) in [5.74, 6) is -0.142. The van der Waals surface area contributed by atoms with Crippen LogP contribution < -0.4 is 10.6 Å². The Labute approximate surface area is 131 Å². The maximum Gasteiger partial charge on any atom is 0.273 e. The number of hydrogen-bond acceptors (Lipinski definition) is 3. The number of aryl methyl sites for hydroxylation is 2. The second kappa shape index (κ2) is 7.81. The van der Waals surface area contributed by atoms with E-state index in [-0.39, 0.29) is 18.3 Å². The van der Waals surface area contributed by atoms with Gasteiger partial charge < -0.3 is 10.6 Å². The average Bonchev–Trinajstić information content (AvgIpc) is 2.77. The smallest absolute Gasteiger partial charge is 0.273 e. The molecule has 0 atom stereocenters. The molecule has 0 bridgehead atoms. The molecular formula is C15H21ClN4O. The van der Waals surface area contributed by atoms with Crippen molar-refractivity contribution in [3.05, 3.63) is 47.3 Å². The first kappa shape index (κ1) is 17.2. The van der Waals surface area contributed by atoms with Crippen molar-refractivity contribution >= 4 is 24.0 Å². The highest BCUT2D eigenvalue weighted by molar-refractivity contribution is 6.03. The molecule has 0 aliphatic rings. The van der Waals surface area contributed by atoms with E-state index in [4.69, 9.17) is 0 Å². The number of rotatable bonds is 5. The molecule has 2 N–H and O–H groups in total. The van der Waals surface area contributed by atoms with E-state index in [2.05, 4.69) is 22.7 Å². The number of para-hydroxylation sites is 1. The summed E-state index contributed by atoms with van der Waals surface area (Å²) < 4.78 is 1.59. The number of aromatic nitrogens is 2. The Morgan fingerprint density at radius 1 is 1.33 bits per heavy atom. The highest BCUT2D eigenvalue weighted by atomic mass is 35.5. The third-order valence-corrected chi connectivity index (χ3v) is 3.07. The minimum Gasteiger partial charge on any atom is -0.320 e. The molecule has 114 valence electrons. The van der Waals surface area contributed by atoms with E-state index in [0.29, 0.717) is 5.69 Å². The van der Waals surface area contributed by atoms with E-state index in [9.17, 15) is 4.79 Å². The normalized spacial score (nSPS) is 10.0. The van der Waals surface area contributed by atoms with Crippen LogP contribution in [0.1, 0.15) is 28.7 Å². The van der Waals surface area contributed by atoms with Gasteiger partial charge in [0.25, 0.3) is 5.91 Å². The van der Waals surface area contributed by atoms with Crippen LogP contribution in [0.25, 0.3) is 0 Å². The molecule has 5 nitrogen and oxygen atoms in total. The van der Waals surface area contributed by atoms with Gasteiger partial charge in [0.15, 0.2) is 0 Å². The molecule has 6 heteroatoms. The molecule has 1 aromatic carbocycles. The molecule has 0 saturated heterocycles. The lowest BCUT2D eigenvalue weighted by atomic mass is 10.1. The standard InChI is InChI=1S/C15H20N4O.ClH/c1-4-16-10-12-7-5-6-8-13(12)17-15(20)14-9-11(2)18-19(14)3;/h5-9,16H,4,10H2,1-3H3,(H,17,20);1H. The van der Waals surface area contributed by atoms with E-state index >= 15 is 0 Å². The number of nitrogens with one attached hydrogen (secondary N) is 2. The van der Waals surface area contributed by atoms with E-state index in [0.717, 1.165) is 30.0 Å². The van der Waals surface area contributed by atoms with Gasteiger partial charge in [0.2, 0.25) is 0 Å². The van der Waals surface area contributed by atoms with Crippen molar-refractivity contribution in [2.45, 2.75) is 20.4 Å². The monoisotopic (exact) mass is 308 g/mol. The fraction of sp³-hybridized carbons (Fsp3) is 0.333. The Balaban J connectivity index is 0.00000220. The molecule has 1 aromatic heterocycles. The maximum atomic E-state index is 12.3. The van der Waals surface area contributed by atoms with Crippen LogP contribution in [0.5, 0.6) is 0 Å². The second-order valence-electron chi connectivity index (χ2n) is 4.69. The predicted molar refractivity (Wildman–Crippen MR) is 87.0 cm³/mol. The Bertz CT molecular complexity index is 609. The van der Waals surface area contributed by atoms with Gasteiger partial charge in [0, 0.05) is 19.3 Å². The molecule has 0 aliphatic carbocycles. The van der Waals surface area contributed by atoms with Crippen molar-refractivity contribution < 1.29 is 4.79 Å². The Morgan fingerprint density at radius 2 is 2.05 bits per heavy atom. The van der Waals surface area contributed by atoms with Crippen molar-refractivity contribution in [1.29, 1.82) is 0 Å². The average molecular weight is 309 g/mol. The largest absolute Gasteiger partial charge is 0.320 e. The van der Waals surface area contributed by atoms with Crippen molar-refractivity contribution in [2.75, 3.05) is 11.9 Å². The van der Waals surface area contributed by atoms with Crippen molar-refractivity contribution in [3.63, 3.8) is 0 Å². The van der Waals surface area contributed by atoms with E-state index in [1.807, 2.05) is 31.2 Å². The number of carbonyl (C=O) groups excluding carboxylic acids is 1. The molecule has 0 spiro atoms. The van der Waals surface area contributed by atoms with E-state index < -0.39 is 0 Å². The van der Waals surface area contributed by atoms with Crippen LogP contribution in [-0.2, 0) is 13.6 Å². The first-order chi connectivity index (χ1) is 9.61. The highest BCUT2D eigenvalue weighted by Gasteiger charge is 2.13. The van der Waals surface area contributed by atoms with Crippen LogP contribution in [-0.4, -0.2) is 22.2 Å². The van der Waals surface area contributed by atoms with Crippen LogP contribution in [0.2, 0.25) is 0 Å². The summed E-state index contributed by atoms with van der Waals surface area (Å²) in [6.45, 7) is 5.55. The van der Waals surface area contributed by atoms with Crippen LogP contribution in [0.3, 0.4) is 0 Å². The fourth-order valence-electron chi connectivity index (χ4n) is 2.07. The van der Waals surface area contributed by atoms with Crippen molar-refractivity contribution in [3.8, 4) is 0 Å². The van der Waals surface area contributed by atoms with Crippen molar-refractivity contribution in [1.82, 2.24) is 15.1 Å². The van der Waals surface area contributed by atoms with Gasteiger partial charge >= 0.3 is 0 Å². The minimum atomic E-state index is -0.142. The zero-order valence-electron chi connectivity index (χ0n) is 12.5. The molecule has 2 aromatic rings. The lowest BCUT2D eigenvalue weighted by Crippen LogP contribution is -2.19. The number of carbonyl (C=O) groups is 1. The Morgan fingerprint density at radius 3 is 2.67 bits per heavy atom. The first-order valence-electron chi connectivity index (χ1n) is 6.72. The van der Waals surface area contributed by atoms with Crippen LogP contribution in [0.4, 0.5) is 5.69 Å². The van der Waals surface area contributed by atoms with Gasteiger partial charge in [-0.05, 0) is 31.2 Å². The van der Waals surface area contributed by atoms with Gasteiger partial charge in [-0.1, -0.05) is 25.1 Å². The van der Waals surface area contributed by atoms with Crippen LogP contribution in [0.15, 0.2) is 30.3 Å². The van der Waals surface area contributed by atoms with Crippen LogP contribution in [0, 0.1) is 6.92 Å². The van der Waals surface area contributed by atoms with Gasteiger partial charge in [-0.3, -0.25) is 9.48 Å². The number of anilines is 1. The number of nitrogens with zero attached hydrogens (tertiary/aromatic N) is 2. The third-order valence-electron chi connectivity index (χ3n) is 3.07. The maximum absolute atomic E-state index is 12.3. The molecule has 1 amide bonds. The summed E-state index contributed by atoms with van der Waals surface area (Å²) in [6.07, 6.45) is 0. The predicted octanol–water partition coefficient (Wildman–Crippen LogP) is 2.51. The molecule has 0 radical (unpaired) electrons. The molecule has 0 fully saturated rings. The third kappa shape index (κ3) is 4.31. The summed E-state index contributed by atoms with van der Waals surface area (Å²) >= 11 is 0. The molecule has 0 saturated carbocycles. The van der Waals surface area contributed by atoms with Gasteiger partial charge in [-0.15, -0.1) is 12.4 Å². The molecule has 1 heterocycles. The van der Waals surface area contributed by atoms with Gasteiger partial charge in [0.05, 0.1) is 5.69 Å². The summed E-state index contributed by atoms with van der Waals surface area (Å²) in [4.78, 5) is 12.3. The molecule has 0 unspecified atom stereocenters. The lowest BCUT2D eigenvalue weighted by molar-refractivity contribution is 0.101. The zero-order valence-corrected chi connectivity index (χ0v) is 13.3. The second-order valence-corrected chi connectivity index (χ2v) is 4.69.